The Kier molecular flexibility index (Phi) is 6.78. The first-order valence-corrected chi connectivity index (χ1v) is 9.58. The average Bonchev–Trinajstić information content (AvgIpc) is 2.74. The summed E-state index contributed by atoms with van der Waals surface area (Å²) in [5.41, 5.74) is 3.35. The van der Waals surface area contributed by atoms with E-state index >= 15 is 0 Å². The van der Waals surface area contributed by atoms with E-state index in [9.17, 15) is 14.4 Å². The number of urea groups is 1. The molecule has 1 aromatic heterocycles. The third-order valence-corrected chi connectivity index (χ3v) is 4.62. The standard InChI is InChI=1S/C21H24N4O4/c1-2-29-19(26)7-11-23-21(28)25-12-8-15-3-4-18(13-17(15)14-25)24-20(27)16-5-9-22-10-6-16/h3-6,9-10,13H,2,7-8,11-12,14H2,1H3,(H,23,28)(H,24,27). The molecule has 0 spiro atoms. The molecule has 152 valence electrons. The summed E-state index contributed by atoms with van der Waals surface area (Å²) in [6.07, 6.45) is 4.02. The first-order chi connectivity index (χ1) is 14.1. The lowest BCUT2D eigenvalue weighted by Gasteiger charge is -2.29. The van der Waals surface area contributed by atoms with Crippen molar-refractivity contribution in [3.8, 4) is 0 Å². The second-order valence-electron chi connectivity index (χ2n) is 6.63. The molecule has 8 heteroatoms. The molecule has 2 aromatic rings. The number of anilines is 1. The fourth-order valence-electron chi connectivity index (χ4n) is 3.13. The van der Waals surface area contributed by atoms with Crippen LogP contribution in [0.15, 0.2) is 42.7 Å². The van der Waals surface area contributed by atoms with Crippen molar-refractivity contribution in [2.24, 2.45) is 0 Å². The summed E-state index contributed by atoms with van der Waals surface area (Å²) in [6, 6.07) is 8.82. The highest BCUT2D eigenvalue weighted by Gasteiger charge is 2.21. The number of rotatable bonds is 6. The Morgan fingerprint density at radius 1 is 1.14 bits per heavy atom. The van der Waals surface area contributed by atoms with Gasteiger partial charge in [-0.1, -0.05) is 6.07 Å². The molecule has 0 aliphatic carbocycles. The summed E-state index contributed by atoms with van der Waals surface area (Å²) in [4.78, 5) is 41.7. The zero-order valence-electron chi connectivity index (χ0n) is 16.3. The van der Waals surface area contributed by atoms with Crippen molar-refractivity contribution >= 4 is 23.6 Å². The minimum absolute atomic E-state index is 0.148. The maximum atomic E-state index is 12.4. The molecule has 1 aliphatic heterocycles. The van der Waals surface area contributed by atoms with Crippen LogP contribution in [-0.4, -0.2) is 47.5 Å². The molecule has 0 fully saturated rings. The maximum Gasteiger partial charge on any atom is 0.317 e. The quantitative estimate of drug-likeness (QED) is 0.730. The van der Waals surface area contributed by atoms with Crippen molar-refractivity contribution < 1.29 is 19.1 Å². The second-order valence-corrected chi connectivity index (χ2v) is 6.63. The number of pyridine rings is 1. The number of nitrogens with zero attached hydrogens (tertiary/aromatic N) is 2. The number of benzene rings is 1. The zero-order valence-corrected chi connectivity index (χ0v) is 16.3. The van der Waals surface area contributed by atoms with E-state index in [0.717, 1.165) is 17.5 Å². The number of carbonyl (C=O) groups excluding carboxylic acids is 3. The van der Waals surface area contributed by atoms with Crippen LogP contribution in [0.3, 0.4) is 0 Å². The number of fused-ring (bicyclic) bond motifs is 1. The summed E-state index contributed by atoms with van der Waals surface area (Å²) < 4.78 is 4.85. The van der Waals surface area contributed by atoms with Crippen LogP contribution in [0.2, 0.25) is 0 Å². The van der Waals surface area contributed by atoms with Gasteiger partial charge in [-0.25, -0.2) is 4.79 Å². The van der Waals surface area contributed by atoms with E-state index in [1.165, 1.54) is 0 Å². The largest absolute Gasteiger partial charge is 0.466 e. The first kappa shape index (κ1) is 20.3. The van der Waals surface area contributed by atoms with Gasteiger partial charge in [0, 0.05) is 43.3 Å². The van der Waals surface area contributed by atoms with Gasteiger partial charge in [-0.3, -0.25) is 14.6 Å². The Morgan fingerprint density at radius 2 is 1.93 bits per heavy atom. The number of carbonyl (C=O) groups is 3. The number of aromatic nitrogens is 1. The Balaban J connectivity index is 1.57. The molecule has 0 saturated heterocycles. The lowest BCUT2D eigenvalue weighted by atomic mass is 9.99. The van der Waals surface area contributed by atoms with Crippen molar-refractivity contribution in [3.05, 3.63) is 59.4 Å². The second kappa shape index (κ2) is 9.68. The van der Waals surface area contributed by atoms with Crippen molar-refractivity contribution in [1.29, 1.82) is 0 Å². The fourth-order valence-corrected chi connectivity index (χ4v) is 3.13. The number of ether oxygens (including phenoxy) is 1. The minimum atomic E-state index is -0.327. The van der Waals surface area contributed by atoms with Crippen LogP contribution >= 0.6 is 0 Å². The third-order valence-electron chi connectivity index (χ3n) is 4.62. The van der Waals surface area contributed by atoms with Gasteiger partial charge in [-0.05, 0) is 48.7 Å². The van der Waals surface area contributed by atoms with E-state index in [4.69, 9.17) is 4.74 Å². The van der Waals surface area contributed by atoms with Crippen LogP contribution in [-0.2, 0) is 22.5 Å². The summed E-state index contributed by atoms with van der Waals surface area (Å²) in [6.45, 7) is 3.36. The summed E-state index contributed by atoms with van der Waals surface area (Å²) in [5.74, 6) is -0.539. The lowest BCUT2D eigenvalue weighted by Crippen LogP contribution is -2.43. The van der Waals surface area contributed by atoms with E-state index in [2.05, 4.69) is 15.6 Å². The van der Waals surface area contributed by atoms with Crippen molar-refractivity contribution in [3.63, 3.8) is 0 Å². The average molecular weight is 396 g/mol. The normalized spacial score (nSPS) is 12.7. The zero-order chi connectivity index (χ0) is 20.6. The van der Waals surface area contributed by atoms with Crippen LogP contribution in [0.25, 0.3) is 0 Å². The van der Waals surface area contributed by atoms with Gasteiger partial charge in [0.05, 0.1) is 13.0 Å². The van der Waals surface area contributed by atoms with Gasteiger partial charge >= 0.3 is 12.0 Å². The van der Waals surface area contributed by atoms with Crippen molar-refractivity contribution in [2.75, 3.05) is 25.0 Å². The molecule has 8 nitrogen and oxygen atoms in total. The number of nitrogens with one attached hydrogen (secondary N) is 2. The SMILES string of the molecule is CCOC(=O)CCNC(=O)N1CCc2ccc(NC(=O)c3ccncc3)cc2C1. The molecule has 1 aromatic carbocycles. The van der Waals surface area contributed by atoms with Crippen molar-refractivity contribution in [1.82, 2.24) is 15.2 Å². The maximum absolute atomic E-state index is 12.4. The molecule has 0 radical (unpaired) electrons. The van der Waals surface area contributed by atoms with Gasteiger partial charge in [0.2, 0.25) is 0 Å². The molecule has 1 aliphatic rings. The van der Waals surface area contributed by atoms with Crippen molar-refractivity contribution in [2.45, 2.75) is 26.3 Å². The Bertz CT molecular complexity index is 886. The van der Waals surface area contributed by atoms with Crippen LogP contribution in [0.4, 0.5) is 10.5 Å². The first-order valence-electron chi connectivity index (χ1n) is 9.58. The highest BCUT2D eigenvalue weighted by atomic mass is 16.5. The van der Waals surface area contributed by atoms with Gasteiger partial charge in [-0.2, -0.15) is 0 Å². The molecule has 0 atom stereocenters. The molecule has 0 unspecified atom stereocenters. The van der Waals surface area contributed by atoms with Crippen LogP contribution < -0.4 is 10.6 Å². The van der Waals surface area contributed by atoms with E-state index in [-0.39, 0.29) is 30.9 Å². The monoisotopic (exact) mass is 396 g/mol. The summed E-state index contributed by atoms with van der Waals surface area (Å²) in [5, 5.41) is 5.63. The number of amides is 3. The number of hydrogen-bond donors (Lipinski definition) is 2. The number of hydrogen-bond acceptors (Lipinski definition) is 5. The van der Waals surface area contributed by atoms with Gasteiger partial charge in [0.25, 0.3) is 5.91 Å². The smallest absolute Gasteiger partial charge is 0.317 e. The van der Waals surface area contributed by atoms with Crippen LogP contribution in [0, 0.1) is 0 Å². The molecule has 2 heterocycles. The molecule has 0 bridgehead atoms. The topological polar surface area (TPSA) is 101 Å². The molecule has 3 amide bonds. The van der Waals surface area contributed by atoms with Crippen LogP contribution in [0.5, 0.6) is 0 Å². The molecule has 2 N–H and O–H groups in total. The van der Waals surface area contributed by atoms with Gasteiger partial charge < -0.3 is 20.3 Å². The van der Waals surface area contributed by atoms with Gasteiger partial charge in [0.15, 0.2) is 0 Å². The Labute approximate surface area is 169 Å². The Hall–Kier alpha value is -3.42. The molecule has 3 rings (SSSR count). The predicted octanol–water partition coefficient (Wildman–Crippen LogP) is 2.35. The highest BCUT2D eigenvalue weighted by molar-refractivity contribution is 6.04. The third kappa shape index (κ3) is 5.54. The fraction of sp³-hybridized carbons (Fsp3) is 0.333. The molecule has 0 saturated carbocycles. The summed E-state index contributed by atoms with van der Waals surface area (Å²) >= 11 is 0. The van der Waals surface area contributed by atoms with E-state index in [1.807, 2.05) is 18.2 Å². The lowest BCUT2D eigenvalue weighted by molar-refractivity contribution is -0.142. The molecular weight excluding hydrogens is 372 g/mol. The van der Waals surface area contributed by atoms with Gasteiger partial charge in [-0.15, -0.1) is 0 Å². The minimum Gasteiger partial charge on any atom is -0.466 e. The van der Waals surface area contributed by atoms with Crippen LogP contribution in [0.1, 0.15) is 34.8 Å². The van der Waals surface area contributed by atoms with E-state index in [0.29, 0.717) is 30.9 Å². The van der Waals surface area contributed by atoms with Gasteiger partial charge in [0.1, 0.15) is 0 Å². The predicted molar refractivity (Wildman–Crippen MR) is 107 cm³/mol. The molecular formula is C21H24N4O4. The van der Waals surface area contributed by atoms with E-state index in [1.54, 1.807) is 36.4 Å². The summed E-state index contributed by atoms with van der Waals surface area (Å²) in [7, 11) is 0. The van der Waals surface area contributed by atoms with E-state index < -0.39 is 0 Å². The molecule has 29 heavy (non-hydrogen) atoms. The number of esters is 1. The Morgan fingerprint density at radius 3 is 2.69 bits per heavy atom. The highest BCUT2D eigenvalue weighted by Crippen LogP contribution is 2.23.